The number of carbonyl (C=O) groups is 2. The number of amides is 2. The third-order valence-corrected chi connectivity index (χ3v) is 4.16. The third-order valence-electron chi connectivity index (χ3n) is 3.59. The second kappa shape index (κ2) is 9.46. The normalized spacial score (nSPS) is 10.3. The summed E-state index contributed by atoms with van der Waals surface area (Å²) in [7, 11) is 0. The van der Waals surface area contributed by atoms with E-state index < -0.39 is 0 Å². The fraction of sp³-hybridized carbons (Fsp3) is 0.263. The summed E-state index contributed by atoms with van der Waals surface area (Å²) in [4.78, 5) is 23.9. The van der Waals surface area contributed by atoms with Crippen LogP contribution in [0.15, 0.2) is 36.4 Å². The monoisotopic (exact) mass is 394 g/mol. The lowest BCUT2D eigenvalue weighted by molar-refractivity contribution is -0.123. The molecule has 5 nitrogen and oxygen atoms in total. The largest absolute Gasteiger partial charge is 0.484 e. The molecule has 0 aliphatic rings. The van der Waals surface area contributed by atoms with E-state index in [4.69, 9.17) is 27.9 Å². The molecule has 0 radical (unpaired) electrons. The molecule has 2 rings (SSSR count). The molecule has 2 N–H and O–H groups in total. The molecule has 0 atom stereocenters. The Labute approximate surface area is 162 Å². The van der Waals surface area contributed by atoms with E-state index in [0.29, 0.717) is 21.4 Å². The highest BCUT2D eigenvalue weighted by atomic mass is 35.5. The second-order valence-corrected chi connectivity index (χ2v) is 6.63. The zero-order valence-electron chi connectivity index (χ0n) is 14.6. The summed E-state index contributed by atoms with van der Waals surface area (Å²) >= 11 is 11.8. The lowest BCUT2D eigenvalue weighted by Gasteiger charge is -2.11. The number of halogens is 2. The van der Waals surface area contributed by atoms with Crippen LogP contribution < -0.4 is 15.4 Å². The molecule has 0 fully saturated rings. The molecule has 2 aromatic carbocycles. The first-order valence-electron chi connectivity index (χ1n) is 8.07. The Morgan fingerprint density at radius 1 is 1.00 bits per heavy atom. The van der Waals surface area contributed by atoms with Gasteiger partial charge in [0.15, 0.2) is 6.61 Å². The number of rotatable bonds is 7. The van der Waals surface area contributed by atoms with Crippen molar-refractivity contribution in [3.05, 3.63) is 63.1 Å². The predicted molar refractivity (Wildman–Crippen MR) is 103 cm³/mol. The smallest absolute Gasteiger partial charge is 0.258 e. The Morgan fingerprint density at radius 2 is 1.73 bits per heavy atom. The first-order valence-corrected chi connectivity index (χ1v) is 8.82. The van der Waals surface area contributed by atoms with Gasteiger partial charge < -0.3 is 15.4 Å². The quantitative estimate of drug-likeness (QED) is 0.705. The lowest BCUT2D eigenvalue weighted by atomic mass is 10.1. The fourth-order valence-electron chi connectivity index (χ4n) is 2.30. The summed E-state index contributed by atoms with van der Waals surface area (Å²) in [5.74, 6) is 0.0629. The van der Waals surface area contributed by atoms with Gasteiger partial charge in [-0.15, -0.1) is 0 Å². The van der Waals surface area contributed by atoms with Crippen LogP contribution in [0.4, 0.5) is 0 Å². The highest BCUT2D eigenvalue weighted by Crippen LogP contribution is 2.20. The van der Waals surface area contributed by atoms with Crippen LogP contribution >= 0.6 is 23.2 Å². The van der Waals surface area contributed by atoms with Crippen LogP contribution in [0.3, 0.4) is 0 Å². The predicted octanol–water partition coefficient (Wildman–Crippen LogP) is 3.54. The minimum Gasteiger partial charge on any atom is -0.484 e. The van der Waals surface area contributed by atoms with Crippen LogP contribution in [0.25, 0.3) is 0 Å². The van der Waals surface area contributed by atoms with E-state index in [1.165, 1.54) is 6.07 Å². The molecule has 0 aliphatic heterocycles. The lowest BCUT2D eigenvalue weighted by Crippen LogP contribution is -2.36. The van der Waals surface area contributed by atoms with Crippen LogP contribution in [-0.4, -0.2) is 31.5 Å². The topological polar surface area (TPSA) is 67.4 Å². The average molecular weight is 395 g/mol. The van der Waals surface area contributed by atoms with E-state index in [2.05, 4.69) is 10.6 Å². The van der Waals surface area contributed by atoms with E-state index >= 15 is 0 Å². The van der Waals surface area contributed by atoms with Gasteiger partial charge in [-0.25, -0.2) is 0 Å². The van der Waals surface area contributed by atoms with E-state index in [0.717, 1.165) is 11.1 Å². The Balaban J connectivity index is 1.71. The van der Waals surface area contributed by atoms with Gasteiger partial charge in [0, 0.05) is 18.1 Å². The molecule has 7 heteroatoms. The van der Waals surface area contributed by atoms with Gasteiger partial charge in [0.2, 0.25) is 0 Å². The second-order valence-electron chi connectivity index (χ2n) is 5.79. The zero-order chi connectivity index (χ0) is 19.1. The molecule has 0 bridgehead atoms. The van der Waals surface area contributed by atoms with Crippen LogP contribution in [0.1, 0.15) is 21.5 Å². The van der Waals surface area contributed by atoms with Crippen molar-refractivity contribution in [2.75, 3.05) is 19.7 Å². The minimum atomic E-state index is -0.349. The van der Waals surface area contributed by atoms with E-state index in [1.54, 1.807) is 12.1 Å². The summed E-state index contributed by atoms with van der Waals surface area (Å²) in [6, 6.07) is 10.4. The molecule has 0 saturated heterocycles. The summed E-state index contributed by atoms with van der Waals surface area (Å²) in [6.07, 6.45) is 0. The average Bonchev–Trinajstić information content (AvgIpc) is 2.60. The number of hydrogen-bond acceptors (Lipinski definition) is 3. The molecule has 0 saturated carbocycles. The van der Waals surface area contributed by atoms with E-state index in [9.17, 15) is 9.59 Å². The van der Waals surface area contributed by atoms with Gasteiger partial charge in [0.1, 0.15) is 5.75 Å². The molecule has 0 unspecified atom stereocenters. The number of carbonyl (C=O) groups excluding carboxylic acids is 2. The Hall–Kier alpha value is -2.24. The number of nitrogens with one attached hydrogen (secondary N) is 2. The summed E-state index contributed by atoms with van der Waals surface area (Å²) in [6.45, 7) is 4.37. The van der Waals surface area contributed by atoms with Crippen molar-refractivity contribution in [3.63, 3.8) is 0 Å². The van der Waals surface area contributed by atoms with Crippen molar-refractivity contribution < 1.29 is 14.3 Å². The first-order chi connectivity index (χ1) is 12.4. The van der Waals surface area contributed by atoms with Gasteiger partial charge in [-0.1, -0.05) is 40.9 Å². The van der Waals surface area contributed by atoms with Gasteiger partial charge >= 0.3 is 0 Å². The third kappa shape index (κ3) is 5.93. The fourth-order valence-corrected chi connectivity index (χ4v) is 2.68. The van der Waals surface area contributed by atoms with Crippen LogP contribution in [-0.2, 0) is 4.79 Å². The molecular weight excluding hydrogens is 375 g/mol. The number of benzene rings is 2. The van der Waals surface area contributed by atoms with Crippen molar-refractivity contribution in [2.45, 2.75) is 13.8 Å². The van der Waals surface area contributed by atoms with Gasteiger partial charge in [-0.3, -0.25) is 9.59 Å². The first kappa shape index (κ1) is 20.1. The van der Waals surface area contributed by atoms with Gasteiger partial charge in [0.05, 0.1) is 10.6 Å². The Kier molecular flexibility index (Phi) is 7.30. The van der Waals surface area contributed by atoms with Crippen LogP contribution in [0.2, 0.25) is 10.0 Å². The van der Waals surface area contributed by atoms with Gasteiger partial charge in [-0.05, 0) is 43.7 Å². The molecule has 2 aromatic rings. The van der Waals surface area contributed by atoms with Crippen molar-refractivity contribution in [2.24, 2.45) is 0 Å². The summed E-state index contributed by atoms with van der Waals surface area (Å²) in [5, 5.41) is 6.10. The molecule has 138 valence electrons. The van der Waals surface area contributed by atoms with Crippen molar-refractivity contribution in [1.29, 1.82) is 0 Å². The van der Waals surface area contributed by atoms with Gasteiger partial charge in [0.25, 0.3) is 11.8 Å². The Bertz CT molecular complexity index is 809. The number of ether oxygens (including phenoxy) is 1. The molecule has 0 aliphatic carbocycles. The van der Waals surface area contributed by atoms with Gasteiger partial charge in [-0.2, -0.15) is 0 Å². The molecule has 26 heavy (non-hydrogen) atoms. The summed E-state index contributed by atoms with van der Waals surface area (Å²) in [5.41, 5.74) is 2.40. The highest BCUT2D eigenvalue weighted by Gasteiger charge is 2.11. The minimum absolute atomic E-state index is 0.0853. The molecule has 0 spiro atoms. The molecule has 2 amide bonds. The van der Waals surface area contributed by atoms with Crippen molar-refractivity contribution >= 4 is 35.0 Å². The van der Waals surface area contributed by atoms with E-state index in [-0.39, 0.29) is 31.5 Å². The number of hydrogen-bond donors (Lipinski definition) is 2. The zero-order valence-corrected chi connectivity index (χ0v) is 16.1. The van der Waals surface area contributed by atoms with Crippen LogP contribution in [0, 0.1) is 13.8 Å². The van der Waals surface area contributed by atoms with Crippen molar-refractivity contribution in [3.8, 4) is 5.75 Å². The maximum Gasteiger partial charge on any atom is 0.258 e. The van der Waals surface area contributed by atoms with E-state index in [1.807, 2.05) is 32.0 Å². The number of aryl methyl sites for hydroxylation is 2. The van der Waals surface area contributed by atoms with Crippen molar-refractivity contribution in [1.82, 2.24) is 10.6 Å². The molecule has 0 heterocycles. The summed E-state index contributed by atoms with van der Waals surface area (Å²) < 4.78 is 5.50. The maximum absolute atomic E-state index is 12.0. The molecular formula is C19H20Cl2N2O3. The maximum atomic E-state index is 12.0. The molecule has 0 aromatic heterocycles. The van der Waals surface area contributed by atoms with Crippen LogP contribution in [0.5, 0.6) is 5.75 Å². The standard InChI is InChI=1S/C19H20Cl2N2O3/c1-12-3-6-17(13(2)9-12)26-11-18(24)22-7-8-23-19(25)15-10-14(20)4-5-16(15)21/h3-6,9-10H,7-8,11H2,1-2H3,(H,22,24)(H,23,25). The Morgan fingerprint density at radius 3 is 2.46 bits per heavy atom. The SMILES string of the molecule is Cc1ccc(OCC(=O)NCCNC(=O)c2cc(Cl)ccc2Cl)c(C)c1. The highest BCUT2D eigenvalue weighted by molar-refractivity contribution is 6.35.